The van der Waals surface area contributed by atoms with Gasteiger partial charge in [-0.3, -0.25) is 9.59 Å². The third-order valence-electron chi connectivity index (χ3n) is 5.00. The Morgan fingerprint density at radius 2 is 1.87 bits per heavy atom. The summed E-state index contributed by atoms with van der Waals surface area (Å²) in [4.78, 5) is 24.0. The molecule has 1 atom stereocenters. The summed E-state index contributed by atoms with van der Waals surface area (Å²) in [5.41, 5.74) is 4.09. The number of amides is 1. The minimum absolute atomic E-state index is 0.110. The number of rotatable bonds is 8. The van der Waals surface area contributed by atoms with Gasteiger partial charge >= 0.3 is 5.97 Å². The van der Waals surface area contributed by atoms with E-state index in [1.54, 1.807) is 12.1 Å². The summed E-state index contributed by atoms with van der Waals surface area (Å²) in [5.74, 6) is -1.25. The van der Waals surface area contributed by atoms with E-state index in [4.69, 9.17) is 4.74 Å². The standard InChI is InChI=1S/C23H26N2O5S/c1-17-9-11-18(12-10-17)13-14-31(28,29)24-15-23(27)30-16-22(26)25-21-8-4-6-19-5-2-3-7-20(19)21/h2-3,5,7,9-14,21,24H,4,6,8,15-16H2,1H3,(H,25,26)/b14-13+/t21-/m1/s1. The SMILES string of the molecule is Cc1ccc(/C=C/S(=O)(=O)NCC(=O)OCC(=O)N[C@@H]2CCCc3ccccc32)cc1. The van der Waals surface area contributed by atoms with Crippen LogP contribution in [0.25, 0.3) is 6.08 Å². The van der Waals surface area contributed by atoms with Crippen molar-refractivity contribution in [3.63, 3.8) is 0 Å². The van der Waals surface area contributed by atoms with Gasteiger partial charge in [0, 0.05) is 5.41 Å². The predicted octanol–water partition coefficient (Wildman–Crippen LogP) is 2.62. The zero-order chi connectivity index (χ0) is 22.3. The lowest BCUT2D eigenvalue weighted by Crippen LogP contribution is -2.36. The van der Waals surface area contributed by atoms with Gasteiger partial charge in [0.1, 0.15) is 6.54 Å². The number of hydrogen-bond donors (Lipinski definition) is 2. The van der Waals surface area contributed by atoms with E-state index in [1.165, 1.54) is 11.6 Å². The maximum Gasteiger partial charge on any atom is 0.321 e. The molecule has 2 aromatic carbocycles. The molecule has 0 saturated carbocycles. The average Bonchev–Trinajstić information content (AvgIpc) is 2.76. The van der Waals surface area contributed by atoms with Crippen molar-refractivity contribution in [2.45, 2.75) is 32.2 Å². The fourth-order valence-corrected chi connectivity index (χ4v) is 4.14. The van der Waals surface area contributed by atoms with Crippen molar-refractivity contribution in [1.29, 1.82) is 0 Å². The maximum atomic E-state index is 12.2. The van der Waals surface area contributed by atoms with Gasteiger partial charge in [-0.1, -0.05) is 54.1 Å². The predicted molar refractivity (Wildman–Crippen MR) is 118 cm³/mol. The quantitative estimate of drug-likeness (QED) is 0.612. The van der Waals surface area contributed by atoms with Gasteiger partial charge in [-0.15, -0.1) is 0 Å². The van der Waals surface area contributed by atoms with Crippen LogP contribution in [0.4, 0.5) is 0 Å². The number of esters is 1. The van der Waals surface area contributed by atoms with E-state index in [-0.39, 0.29) is 6.04 Å². The Labute approximate surface area is 182 Å². The summed E-state index contributed by atoms with van der Waals surface area (Å²) in [6.07, 6.45) is 4.21. The molecule has 0 unspecified atom stereocenters. The molecule has 0 radical (unpaired) electrons. The second-order valence-corrected chi connectivity index (χ2v) is 9.10. The Bertz CT molecular complexity index is 1060. The van der Waals surface area contributed by atoms with Crippen LogP contribution in [0.3, 0.4) is 0 Å². The highest BCUT2D eigenvalue weighted by atomic mass is 32.2. The van der Waals surface area contributed by atoms with Crippen molar-refractivity contribution in [3.05, 3.63) is 76.2 Å². The van der Waals surface area contributed by atoms with Gasteiger partial charge in [0.2, 0.25) is 10.0 Å². The van der Waals surface area contributed by atoms with E-state index in [9.17, 15) is 18.0 Å². The number of hydrogen-bond acceptors (Lipinski definition) is 5. The van der Waals surface area contributed by atoms with Crippen molar-refractivity contribution in [1.82, 2.24) is 10.0 Å². The van der Waals surface area contributed by atoms with Gasteiger partial charge in [-0.05, 0) is 49.0 Å². The van der Waals surface area contributed by atoms with Gasteiger partial charge < -0.3 is 10.1 Å². The molecule has 0 saturated heterocycles. The molecule has 164 valence electrons. The zero-order valence-electron chi connectivity index (χ0n) is 17.3. The summed E-state index contributed by atoms with van der Waals surface area (Å²) in [6.45, 7) is 0.921. The van der Waals surface area contributed by atoms with Crippen molar-refractivity contribution in [3.8, 4) is 0 Å². The third-order valence-corrected chi connectivity index (χ3v) is 6.04. The summed E-state index contributed by atoms with van der Waals surface area (Å²) in [5, 5.41) is 3.86. The zero-order valence-corrected chi connectivity index (χ0v) is 18.2. The molecule has 1 amide bonds. The summed E-state index contributed by atoms with van der Waals surface area (Å²) in [7, 11) is -3.81. The number of sulfonamides is 1. The Morgan fingerprint density at radius 1 is 1.13 bits per heavy atom. The summed E-state index contributed by atoms with van der Waals surface area (Å²) < 4.78 is 31.1. The molecule has 0 aliphatic heterocycles. The highest BCUT2D eigenvalue weighted by molar-refractivity contribution is 7.92. The Hall–Kier alpha value is -2.97. The van der Waals surface area contributed by atoms with E-state index < -0.39 is 35.1 Å². The average molecular weight is 443 g/mol. The highest BCUT2D eigenvalue weighted by Gasteiger charge is 2.21. The summed E-state index contributed by atoms with van der Waals surface area (Å²) in [6, 6.07) is 15.2. The molecule has 8 heteroatoms. The van der Waals surface area contributed by atoms with Crippen LogP contribution in [0.2, 0.25) is 0 Å². The number of ether oxygens (including phenoxy) is 1. The number of aryl methyl sites for hydroxylation is 2. The second-order valence-electron chi connectivity index (χ2n) is 7.45. The Morgan fingerprint density at radius 3 is 2.65 bits per heavy atom. The van der Waals surface area contributed by atoms with Gasteiger partial charge in [0.15, 0.2) is 6.61 Å². The first-order chi connectivity index (χ1) is 14.8. The Kier molecular flexibility index (Phi) is 7.59. The number of nitrogens with one attached hydrogen (secondary N) is 2. The normalized spacial score (nSPS) is 16.0. The molecule has 2 N–H and O–H groups in total. The minimum Gasteiger partial charge on any atom is -0.455 e. The monoisotopic (exact) mass is 442 g/mol. The molecular weight excluding hydrogens is 416 g/mol. The molecular formula is C23H26N2O5S. The lowest BCUT2D eigenvalue weighted by molar-refractivity contribution is -0.147. The first kappa shape index (κ1) is 22.7. The smallest absolute Gasteiger partial charge is 0.321 e. The molecule has 31 heavy (non-hydrogen) atoms. The molecule has 1 aliphatic rings. The van der Waals surface area contributed by atoms with E-state index in [1.807, 2.05) is 43.3 Å². The maximum absolute atomic E-state index is 12.2. The number of benzene rings is 2. The van der Waals surface area contributed by atoms with Gasteiger partial charge in [0.25, 0.3) is 5.91 Å². The van der Waals surface area contributed by atoms with Gasteiger partial charge in [0.05, 0.1) is 6.04 Å². The Balaban J connectivity index is 1.42. The molecule has 3 rings (SSSR count). The van der Waals surface area contributed by atoms with E-state index >= 15 is 0 Å². The lowest BCUT2D eigenvalue weighted by Gasteiger charge is -2.26. The summed E-state index contributed by atoms with van der Waals surface area (Å²) >= 11 is 0. The van der Waals surface area contributed by atoms with Crippen LogP contribution in [-0.4, -0.2) is 33.4 Å². The molecule has 0 bridgehead atoms. The lowest BCUT2D eigenvalue weighted by atomic mass is 9.88. The molecule has 1 aliphatic carbocycles. The largest absolute Gasteiger partial charge is 0.455 e. The minimum atomic E-state index is -3.81. The van der Waals surface area contributed by atoms with Crippen LogP contribution in [0.5, 0.6) is 0 Å². The first-order valence-corrected chi connectivity index (χ1v) is 11.6. The van der Waals surface area contributed by atoms with Crippen LogP contribution in [-0.2, 0) is 30.8 Å². The van der Waals surface area contributed by atoms with E-state index in [2.05, 4.69) is 10.0 Å². The van der Waals surface area contributed by atoms with Crippen molar-refractivity contribution >= 4 is 28.0 Å². The highest BCUT2D eigenvalue weighted by Crippen LogP contribution is 2.29. The third kappa shape index (κ3) is 7.04. The second kappa shape index (κ2) is 10.4. The van der Waals surface area contributed by atoms with Crippen molar-refractivity contribution in [2.75, 3.05) is 13.2 Å². The van der Waals surface area contributed by atoms with Gasteiger partial charge in [-0.25, -0.2) is 13.1 Å². The molecule has 2 aromatic rings. The van der Waals surface area contributed by atoms with Gasteiger partial charge in [-0.2, -0.15) is 0 Å². The number of carbonyl (C=O) groups excluding carboxylic acids is 2. The van der Waals surface area contributed by atoms with Crippen LogP contribution >= 0.6 is 0 Å². The molecule has 0 aromatic heterocycles. The fraction of sp³-hybridized carbons (Fsp3) is 0.304. The number of carbonyl (C=O) groups is 2. The van der Waals surface area contributed by atoms with Crippen LogP contribution in [0.15, 0.2) is 53.9 Å². The fourth-order valence-electron chi connectivity index (χ4n) is 3.39. The molecule has 0 spiro atoms. The molecule has 7 nitrogen and oxygen atoms in total. The molecule has 0 heterocycles. The van der Waals surface area contributed by atoms with Crippen LogP contribution < -0.4 is 10.0 Å². The first-order valence-electron chi connectivity index (χ1n) is 10.1. The van der Waals surface area contributed by atoms with Crippen LogP contribution in [0.1, 0.15) is 41.1 Å². The molecule has 0 fully saturated rings. The van der Waals surface area contributed by atoms with Crippen LogP contribution in [0, 0.1) is 6.92 Å². The van der Waals surface area contributed by atoms with E-state index in [0.29, 0.717) is 0 Å². The van der Waals surface area contributed by atoms with Crippen molar-refractivity contribution < 1.29 is 22.7 Å². The van der Waals surface area contributed by atoms with Crippen molar-refractivity contribution in [2.24, 2.45) is 0 Å². The van der Waals surface area contributed by atoms with E-state index in [0.717, 1.165) is 41.4 Å². The topological polar surface area (TPSA) is 102 Å². The number of fused-ring (bicyclic) bond motifs is 1.